The highest BCUT2D eigenvalue weighted by Gasteiger charge is 2.16. The van der Waals surface area contributed by atoms with E-state index in [1.165, 1.54) is 41.5 Å². The first kappa shape index (κ1) is 16.6. The molecule has 1 unspecified atom stereocenters. The molecule has 3 rings (SSSR count). The summed E-state index contributed by atoms with van der Waals surface area (Å²) >= 11 is 0. The summed E-state index contributed by atoms with van der Waals surface area (Å²) < 4.78 is 0. The third-order valence-corrected chi connectivity index (χ3v) is 4.80. The molecule has 2 aromatic rings. The van der Waals surface area contributed by atoms with Gasteiger partial charge in [-0.2, -0.15) is 0 Å². The molecule has 0 radical (unpaired) electrons. The van der Waals surface area contributed by atoms with Crippen molar-refractivity contribution < 1.29 is 4.79 Å². The van der Waals surface area contributed by atoms with Crippen molar-refractivity contribution in [1.29, 1.82) is 0 Å². The molecule has 0 bridgehead atoms. The Morgan fingerprint density at radius 1 is 1.04 bits per heavy atom. The van der Waals surface area contributed by atoms with Crippen LogP contribution in [0.3, 0.4) is 0 Å². The third-order valence-electron chi connectivity index (χ3n) is 4.80. The molecule has 0 fully saturated rings. The quantitative estimate of drug-likeness (QED) is 0.803. The van der Waals surface area contributed by atoms with Crippen molar-refractivity contribution in [3.05, 3.63) is 64.7 Å². The van der Waals surface area contributed by atoms with Crippen molar-refractivity contribution in [3.8, 4) is 0 Å². The predicted octanol–water partition coefficient (Wildman–Crippen LogP) is 5.15. The Balaban J connectivity index is 1.67. The Labute approximate surface area is 144 Å². The van der Waals surface area contributed by atoms with Crippen LogP contribution in [0.1, 0.15) is 54.5 Å². The molecule has 2 aromatic carbocycles. The Morgan fingerprint density at radius 2 is 1.75 bits per heavy atom. The van der Waals surface area contributed by atoms with E-state index >= 15 is 0 Å². The molecular weight excluding hydrogens is 296 g/mol. The van der Waals surface area contributed by atoms with Crippen molar-refractivity contribution in [1.82, 2.24) is 5.32 Å². The van der Waals surface area contributed by atoms with Crippen molar-refractivity contribution in [2.45, 2.75) is 52.0 Å². The number of nitrogens with one attached hydrogen (secondary N) is 2. The highest BCUT2D eigenvalue weighted by Crippen LogP contribution is 2.26. The molecule has 0 saturated carbocycles. The van der Waals surface area contributed by atoms with Gasteiger partial charge in [0.2, 0.25) is 0 Å². The van der Waals surface area contributed by atoms with Crippen molar-refractivity contribution >= 4 is 11.7 Å². The predicted molar refractivity (Wildman–Crippen MR) is 99.4 cm³/mol. The van der Waals surface area contributed by atoms with Gasteiger partial charge >= 0.3 is 6.03 Å². The maximum atomic E-state index is 12.3. The monoisotopic (exact) mass is 322 g/mol. The topological polar surface area (TPSA) is 41.1 Å². The zero-order valence-electron chi connectivity index (χ0n) is 14.6. The molecule has 0 aliphatic heterocycles. The molecule has 3 nitrogen and oxygen atoms in total. The maximum Gasteiger partial charge on any atom is 0.319 e. The normalized spacial score (nSPS) is 14.6. The molecule has 0 heterocycles. The van der Waals surface area contributed by atoms with E-state index in [1.54, 1.807) is 0 Å². The zero-order chi connectivity index (χ0) is 16.9. The van der Waals surface area contributed by atoms with Gasteiger partial charge in [-0.3, -0.25) is 0 Å². The van der Waals surface area contributed by atoms with Gasteiger partial charge in [0.25, 0.3) is 0 Å². The van der Waals surface area contributed by atoms with Crippen molar-refractivity contribution in [2.75, 3.05) is 5.32 Å². The lowest BCUT2D eigenvalue weighted by atomic mass is 9.89. The molecule has 1 aliphatic rings. The minimum Gasteiger partial charge on any atom is -0.331 e. The molecule has 1 atom stereocenters. The van der Waals surface area contributed by atoms with E-state index in [0.717, 1.165) is 18.5 Å². The zero-order valence-corrected chi connectivity index (χ0v) is 14.6. The number of carbonyl (C=O) groups excluding carboxylic acids is 1. The van der Waals surface area contributed by atoms with Crippen LogP contribution in [0.25, 0.3) is 0 Å². The molecule has 126 valence electrons. The largest absolute Gasteiger partial charge is 0.331 e. The van der Waals surface area contributed by atoms with Crippen molar-refractivity contribution in [3.63, 3.8) is 0 Å². The second kappa shape index (κ2) is 7.52. The van der Waals surface area contributed by atoms with E-state index in [4.69, 9.17) is 0 Å². The second-order valence-corrected chi connectivity index (χ2v) is 6.66. The summed E-state index contributed by atoms with van der Waals surface area (Å²) in [6.45, 7) is 4.14. The number of aryl methyl sites for hydroxylation is 3. The highest BCUT2D eigenvalue weighted by atomic mass is 16.2. The lowest BCUT2D eigenvalue weighted by Crippen LogP contribution is -2.32. The summed E-state index contributed by atoms with van der Waals surface area (Å²) in [5.41, 5.74) is 6.14. The molecule has 0 saturated heterocycles. The molecule has 0 spiro atoms. The lowest BCUT2D eigenvalue weighted by Gasteiger charge is -2.22. The molecular formula is C21H26N2O. The fraction of sp³-hybridized carbons (Fsp3) is 0.381. The maximum absolute atomic E-state index is 12.3. The summed E-state index contributed by atoms with van der Waals surface area (Å²) in [5.74, 6) is 0. The molecule has 0 aromatic heterocycles. The van der Waals surface area contributed by atoms with Gasteiger partial charge in [-0.05, 0) is 67.9 Å². The van der Waals surface area contributed by atoms with Crippen LogP contribution >= 0.6 is 0 Å². The highest BCUT2D eigenvalue weighted by molar-refractivity contribution is 5.89. The summed E-state index contributed by atoms with van der Waals surface area (Å²) in [7, 11) is 0. The third kappa shape index (κ3) is 3.97. The molecule has 2 N–H and O–H groups in total. The number of urea groups is 1. The Bertz CT molecular complexity index is 706. The number of carbonyl (C=O) groups is 1. The van der Waals surface area contributed by atoms with Gasteiger partial charge in [-0.25, -0.2) is 4.79 Å². The van der Waals surface area contributed by atoms with Crippen LogP contribution in [0.2, 0.25) is 0 Å². The Hall–Kier alpha value is -2.29. The van der Waals surface area contributed by atoms with E-state index in [9.17, 15) is 4.79 Å². The van der Waals surface area contributed by atoms with E-state index in [-0.39, 0.29) is 12.1 Å². The van der Waals surface area contributed by atoms with Crippen LogP contribution < -0.4 is 10.6 Å². The van der Waals surface area contributed by atoms with Crippen LogP contribution in [0, 0.1) is 6.92 Å². The summed E-state index contributed by atoms with van der Waals surface area (Å²) in [4.78, 5) is 12.3. The first-order chi connectivity index (χ1) is 11.7. The molecule has 2 amide bonds. The second-order valence-electron chi connectivity index (χ2n) is 6.66. The lowest BCUT2D eigenvalue weighted by molar-refractivity contribution is 0.248. The first-order valence-electron chi connectivity index (χ1n) is 8.91. The summed E-state index contributed by atoms with van der Waals surface area (Å²) in [6.07, 6.45) is 5.79. The van der Waals surface area contributed by atoms with Crippen molar-refractivity contribution in [2.24, 2.45) is 0 Å². The Morgan fingerprint density at radius 3 is 2.46 bits per heavy atom. The van der Waals surface area contributed by atoms with E-state index in [1.807, 2.05) is 31.2 Å². The van der Waals surface area contributed by atoms with Crippen LogP contribution in [-0.4, -0.2) is 6.03 Å². The van der Waals surface area contributed by atoms with Gasteiger partial charge in [-0.15, -0.1) is 0 Å². The van der Waals surface area contributed by atoms with Gasteiger partial charge in [-0.1, -0.05) is 42.8 Å². The van der Waals surface area contributed by atoms with E-state index in [0.29, 0.717) is 0 Å². The Kier molecular flexibility index (Phi) is 5.19. The van der Waals surface area contributed by atoms with Gasteiger partial charge < -0.3 is 10.6 Å². The van der Waals surface area contributed by atoms with E-state index < -0.39 is 0 Å². The van der Waals surface area contributed by atoms with Gasteiger partial charge in [0, 0.05) is 5.69 Å². The number of fused-ring (bicyclic) bond motifs is 1. The fourth-order valence-corrected chi connectivity index (χ4v) is 3.35. The average molecular weight is 322 g/mol. The minimum absolute atomic E-state index is 0.0441. The number of hydrogen-bond acceptors (Lipinski definition) is 1. The van der Waals surface area contributed by atoms with Gasteiger partial charge in [0.1, 0.15) is 0 Å². The van der Waals surface area contributed by atoms with Crippen LogP contribution in [0.4, 0.5) is 10.5 Å². The van der Waals surface area contributed by atoms with E-state index in [2.05, 4.69) is 35.8 Å². The molecule has 1 aliphatic carbocycles. The number of benzene rings is 2. The smallest absolute Gasteiger partial charge is 0.319 e. The molecule has 24 heavy (non-hydrogen) atoms. The summed E-state index contributed by atoms with van der Waals surface area (Å²) in [6, 6.07) is 14.4. The fourth-order valence-electron chi connectivity index (χ4n) is 3.35. The number of anilines is 1. The van der Waals surface area contributed by atoms with Gasteiger partial charge in [0.05, 0.1) is 6.04 Å². The number of hydrogen-bond donors (Lipinski definition) is 2. The van der Waals surface area contributed by atoms with Crippen LogP contribution in [-0.2, 0) is 12.8 Å². The van der Waals surface area contributed by atoms with Crippen LogP contribution in [0.5, 0.6) is 0 Å². The average Bonchev–Trinajstić information content (AvgIpc) is 2.61. The van der Waals surface area contributed by atoms with Gasteiger partial charge in [0.15, 0.2) is 0 Å². The number of amides is 2. The SMILES string of the molecule is CCC(NC(=O)Nc1ccc(C)cc1)c1ccc2c(c1)CCCC2. The number of rotatable bonds is 4. The minimum atomic E-state index is -0.150. The first-order valence-corrected chi connectivity index (χ1v) is 8.91. The van der Waals surface area contributed by atoms with Crippen LogP contribution in [0.15, 0.2) is 42.5 Å². The molecule has 3 heteroatoms. The standard InChI is InChI=1S/C21H26N2O/c1-3-20(18-11-10-16-6-4-5-7-17(16)14-18)23-21(24)22-19-12-8-15(2)9-13-19/h8-14,20H,3-7H2,1-2H3,(H2,22,23,24). The summed E-state index contributed by atoms with van der Waals surface area (Å²) in [5, 5.41) is 6.02.